The van der Waals surface area contributed by atoms with Gasteiger partial charge in [0.25, 0.3) is 0 Å². The molecule has 1 fully saturated rings. The molecule has 1 aliphatic heterocycles. The van der Waals surface area contributed by atoms with E-state index in [4.69, 9.17) is 10.5 Å². The Morgan fingerprint density at radius 2 is 2.11 bits per heavy atom. The van der Waals surface area contributed by atoms with E-state index in [-0.39, 0.29) is 11.5 Å². The number of piperidine rings is 1. The van der Waals surface area contributed by atoms with Gasteiger partial charge >= 0.3 is 0 Å². The van der Waals surface area contributed by atoms with Crippen LogP contribution in [0.2, 0.25) is 0 Å². The van der Waals surface area contributed by atoms with Gasteiger partial charge in [0.1, 0.15) is 0 Å². The number of carbonyl (C=O) groups is 1. The minimum atomic E-state index is -0.199. The number of nitrogen functional groups attached to an aromatic ring is 1. The van der Waals surface area contributed by atoms with Crippen LogP contribution >= 0.6 is 0 Å². The summed E-state index contributed by atoms with van der Waals surface area (Å²) in [6.45, 7) is 3.57. The van der Waals surface area contributed by atoms with Gasteiger partial charge in [-0.05, 0) is 37.5 Å². The topological polar surface area (TPSA) is 55.6 Å². The third kappa shape index (κ3) is 3.47. The normalized spacial score (nSPS) is 23.4. The first-order chi connectivity index (χ1) is 9.02. The third-order valence-electron chi connectivity index (χ3n) is 3.84. The van der Waals surface area contributed by atoms with Gasteiger partial charge in [0.05, 0.1) is 12.0 Å². The molecule has 1 aromatic carbocycles. The van der Waals surface area contributed by atoms with Gasteiger partial charge in [0, 0.05) is 25.9 Å². The van der Waals surface area contributed by atoms with E-state index in [1.807, 2.05) is 29.2 Å². The van der Waals surface area contributed by atoms with Gasteiger partial charge in [0.2, 0.25) is 5.91 Å². The molecule has 1 atom stereocenters. The van der Waals surface area contributed by atoms with Gasteiger partial charge in [-0.15, -0.1) is 0 Å². The van der Waals surface area contributed by atoms with Crippen molar-refractivity contribution < 1.29 is 9.53 Å². The first kappa shape index (κ1) is 13.9. The maximum absolute atomic E-state index is 12.3. The van der Waals surface area contributed by atoms with E-state index in [1.54, 1.807) is 7.11 Å². The predicted molar refractivity (Wildman–Crippen MR) is 75.8 cm³/mol. The smallest absolute Gasteiger partial charge is 0.227 e. The van der Waals surface area contributed by atoms with Crippen molar-refractivity contribution in [1.82, 2.24) is 4.90 Å². The quantitative estimate of drug-likeness (QED) is 0.846. The lowest BCUT2D eigenvalue weighted by Crippen LogP contribution is -2.50. The number of hydrogen-bond acceptors (Lipinski definition) is 3. The third-order valence-corrected chi connectivity index (χ3v) is 3.84. The van der Waals surface area contributed by atoms with Gasteiger partial charge in [0.15, 0.2) is 0 Å². The lowest BCUT2D eigenvalue weighted by Gasteiger charge is -2.39. The molecule has 0 bridgehead atoms. The summed E-state index contributed by atoms with van der Waals surface area (Å²) in [5, 5.41) is 0. The molecule has 4 nitrogen and oxygen atoms in total. The van der Waals surface area contributed by atoms with Gasteiger partial charge in [-0.2, -0.15) is 0 Å². The Bertz CT molecular complexity index is 444. The molecule has 1 aromatic rings. The van der Waals surface area contributed by atoms with Crippen molar-refractivity contribution in [3.8, 4) is 0 Å². The number of rotatable bonds is 3. The Hall–Kier alpha value is -1.55. The summed E-state index contributed by atoms with van der Waals surface area (Å²) in [6.07, 6.45) is 2.44. The van der Waals surface area contributed by atoms with Gasteiger partial charge in [-0.1, -0.05) is 12.1 Å². The minimum absolute atomic E-state index is 0.160. The molecule has 2 N–H and O–H groups in total. The SMILES string of the molecule is COC1(C)CCCN(C(=O)Cc2ccc(N)cc2)C1. The maximum atomic E-state index is 12.3. The molecule has 0 spiro atoms. The highest BCUT2D eigenvalue weighted by Gasteiger charge is 2.32. The molecule has 1 unspecified atom stereocenters. The van der Waals surface area contributed by atoms with Crippen molar-refractivity contribution in [2.24, 2.45) is 0 Å². The summed E-state index contributed by atoms with van der Waals surface area (Å²) in [6, 6.07) is 7.48. The van der Waals surface area contributed by atoms with E-state index < -0.39 is 0 Å². The standard InChI is InChI=1S/C15H22N2O2/c1-15(19-2)8-3-9-17(11-15)14(18)10-12-4-6-13(16)7-5-12/h4-7H,3,8-11,16H2,1-2H3. The number of nitrogens with zero attached hydrogens (tertiary/aromatic N) is 1. The molecule has 0 aromatic heterocycles. The van der Waals surface area contributed by atoms with E-state index in [1.165, 1.54) is 0 Å². The highest BCUT2D eigenvalue weighted by atomic mass is 16.5. The fourth-order valence-corrected chi connectivity index (χ4v) is 2.51. The monoisotopic (exact) mass is 262 g/mol. The van der Waals surface area contributed by atoms with Crippen molar-refractivity contribution >= 4 is 11.6 Å². The summed E-state index contributed by atoms with van der Waals surface area (Å²) >= 11 is 0. The van der Waals surface area contributed by atoms with Gasteiger partial charge in [-0.3, -0.25) is 4.79 Å². The predicted octanol–water partition coefficient (Wildman–Crippen LogP) is 1.84. The first-order valence-electron chi connectivity index (χ1n) is 6.70. The van der Waals surface area contributed by atoms with Crippen molar-refractivity contribution in [2.75, 3.05) is 25.9 Å². The van der Waals surface area contributed by atoms with Crippen molar-refractivity contribution in [2.45, 2.75) is 31.8 Å². The summed E-state index contributed by atoms with van der Waals surface area (Å²) < 4.78 is 5.51. The number of carbonyl (C=O) groups excluding carboxylic acids is 1. The number of likely N-dealkylation sites (tertiary alicyclic amines) is 1. The van der Waals surface area contributed by atoms with Crippen LogP contribution in [0.15, 0.2) is 24.3 Å². The average Bonchev–Trinajstić information content (AvgIpc) is 2.41. The maximum Gasteiger partial charge on any atom is 0.227 e. The molecular formula is C15H22N2O2. The number of anilines is 1. The summed E-state index contributed by atoms with van der Waals surface area (Å²) in [4.78, 5) is 14.2. The van der Waals surface area contributed by atoms with E-state index in [9.17, 15) is 4.79 Å². The molecule has 1 saturated heterocycles. The number of ether oxygens (including phenoxy) is 1. The largest absolute Gasteiger partial charge is 0.399 e. The fraction of sp³-hybridized carbons (Fsp3) is 0.533. The van der Waals surface area contributed by atoms with Crippen LogP contribution < -0.4 is 5.73 Å². The first-order valence-corrected chi connectivity index (χ1v) is 6.70. The van der Waals surface area contributed by atoms with Crippen LogP contribution in [0.1, 0.15) is 25.3 Å². The van der Waals surface area contributed by atoms with Crippen LogP contribution in [0, 0.1) is 0 Å². The molecule has 1 heterocycles. The Labute approximate surface area is 114 Å². The fourth-order valence-electron chi connectivity index (χ4n) is 2.51. The Morgan fingerprint density at radius 1 is 1.42 bits per heavy atom. The Kier molecular flexibility index (Phi) is 4.10. The van der Waals surface area contributed by atoms with E-state index in [2.05, 4.69) is 6.92 Å². The van der Waals surface area contributed by atoms with E-state index in [0.717, 1.165) is 30.6 Å². The second kappa shape index (κ2) is 5.61. The molecule has 19 heavy (non-hydrogen) atoms. The number of methoxy groups -OCH3 is 1. The van der Waals surface area contributed by atoms with Crippen molar-refractivity contribution in [1.29, 1.82) is 0 Å². The molecule has 0 saturated carbocycles. The molecule has 0 radical (unpaired) electrons. The van der Waals surface area contributed by atoms with Crippen LogP contribution in [-0.4, -0.2) is 36.6 Å². The highest BCUT2D eigenvalue weighted by Crippen LogP contribution is 2.24. The molecule has 0 aliphatic carbocycles. The van der Waals surface area contributed by atoms with Gasteiger partial charge < -0.3 is 15.4 Å². The second-order valence-electron chi connectivity index (χ2n) is 5.49. The van der Waals surface area contributed by atoms with Crippen LogP contribution in [0.25, 0.3) is 0 Å². The Balaban J connectivity index is 1.98. The number of amides is 1. The summed E-state index contributed by atoms with van der Waals surface area (Å²) in [5.41, 5.74) is 7.17. The van der Waals surface area contributed by atoms with Crippen LogP contribution in [-0.2, 0) is 16.0 Å². The Morgan fingerprint density at radius 3 is 2.74 bits per heavy atom. The second-order valence-corrected chi connectivity index (χ2v) is 5.49. The summed E-state index contributed by atoms with van der Waals surface area (Å²) in [5.74, 6) is 0.160. The zero-order valence-electron chi connectivity index (χ0n) is 11.7. The lowest BCUT2D eigenvalue weighted by atomic mass is 9.94. The zero-order valence-corrected chi connectivity index (χ0v) is 11.7. The summed E-state index contributed by atoms with van der Waals surface area (Å²) in [7, 11) is 1.72. The molecular weight excluding hydrogens is 240 g/mol. The van der Waals surface area contributed by atoms with Crippen LogP contribution in [0.5, 0.6) is 0 Å². The number of nitrogens with two attached hydrogens (primary N) is 1. The lowest BCUT2D eigenvalue weighted by molar-refractivity contribution is -0.138. The zero-order chi connectivity index (χ0) is 13.9. The van der Waals surface area contributed by atoms with E-state index >= 15 is 0 Å². The van der Waals surface area contributed by atoms with Crippen molar-refractivity contribution in [3.05, 3.63) is 29.8 Å². The molecule has 1 amide bonds. The molecule has 104 valence electrons. The van der Waals surface area contributed by atoms with Gasteiger partial charge in [-0.25, -0.2) is 0 Å². The van der Waals surface area contributed by atoms with Crippen molar-refractivity contribution in [3.63, 3.8) is 0 Å². The van der Waals surface area contributed by atoms with Crippen LogP contribution in [0.3, 0.4) is 0 Å². The molecule has 1 aliphatic rings. The van der Waals surface area contributed by atoms with Crippen LogP contribution in [0.4, 0.5) is 5.69 Å². The van der Waals surface area contributed by atoms with E-state index in [0.29, 0.717) is 13.0 Å². The molecule has 4 heteroatoms. The minimum Gasteiger partial charge on any atom is -0.399 e. The number of hydrogen-bond donors (Lipinski definition) is 1. The highest BCUT2D eigenvalue weighted by molar-refractivity contribution is 5.79. The molecule has 2 rings (SSSR count). The average molecular weight is 262 g/mol. The number of benzene rings is 1.